The summed E-state index contributed by atoms with van der Waals surface area (Å²) >= 11 is 0. The van der Waals surface area contributed by atoms with Gasteiger partial charge in [-0.05, 0) is 48.9 Å². The minimum Gasteiger partial charge on any atom is -0.508 e. The molecule has 1 heterocycles. The van der Waals surface area contributed by atoms with Gasteiger partial charge in [-0.2, -0.15) is 0 Å². The summed E-state index contributed by atoms with van der Waals surface area (Å²) in [6.07, 6.45) is 0. The smallest absolute Gasteiger partial charge is 0.133 e. The Hall–Kier alpha value is -2.55. The van der Waals surface area contributed by atoms with Crippen molar-refractivity contribution in [3.63, 3.8) is 0 Å². The second-order valence-corrected chi connectivity index (χ2v) is 4.89. The number of hydrogen-bond donors (Lipinski definition) is 1. The number of para-hydroxylation sites is 1. The number of anilines is 2. The molecule has 0 saturated carbocycles. The van der Waals surface area contributed by atoms with E-state index in [-0.39, 0.29) is 5.75 Å². The quantitative estimate of drug-likeness (QED) is 0.759. The lowest BCUT2D eigenvalue weighted by molar-refractivity contribution is 0.475. The summed E-state index contributed by atoms with van der Waals surface area (Å²) in [5.41, 5.74) is 3.19. The number of phenolic OH excluding ortho intramolecular Hbond substituents is 1. The van der Waals surface area contributed by atoms with Gasteiger partial charge in [-0.3, -0.25) is 0 Å². The van der Waals surface area contributed by atoms with Crippen LogP contribution in [0, 0.1) is 6.92 Å². The zero-order chi connectivity index (χ0) is 14.1. The molecule has 1 N–H and O–H groups in total. The molecule has 3 heteroatoms. The molecule has 0 spiro atoms. The van der Waals surface area contributed by atoms with E-state index in [0.29, 0.717) is 0 Å². The van der Waals surface area contributed by atoms with Crippen molar-refractivity contribution in [1.29, 1.82) is 0 Å². The van der Waals surface area contributed by atoms with E-state index in [9.17, 15) is 5.11 Å². The monoisotopic (exact) mass is 264 g/mol. The average molecular weight is 264 g/mol. The Kier molecular flexibility index (Phi) is 3.03. The van der Waals surface area contributed by atoms with E-state index >= 15 is 0 Å². The van der Waals surface area contributed by atoms with E-state index in [0.717, 1.165) is 17.0 Å². The van der Waals surface area contributed by atoms with E-state index < -0.39 is 0 Å². The van der Waals surface area contributed by atoms with E-state index in [2.05, 4.69) is 19.1 Å². The number of phenols is 1. The number of rotatable bonds is 2. The average Bonchev–Trinajstić information content (AvgIpc) is 2.47. The lowest BCUT2D eigenvalue weighted by atomic mass is 10.1. The molecule has 3 rings (SSSR count). The summed E-state index contributed by atoms with van der Waals surface area (Å²) in [4.78, 5) is 6.71. The third kappa shape index (κ3) is 2.18. The van der Waals surface area contributed by atoms with Crippen molar-refractivity contribution in [2.45, 2.75) is 6.92 Å². The fourth-order valence-electron chi connectivity index (χ4n) is 2.31. The van der Waals surface area contributed by atoms with Gasteiger partial charge in [0.25, 0.3) is 0 Å². The minimum absolute atomic E-state index is 0.268. The lowest BCUT2D eigenvalue weighted by Crippen LogP contribution is -2.11. The van der Waals surface area contributed by atoms with Gasteiger partial charge in [0.2, 0.25) is 0 Å². The van der Waals surface area contributed by atoms with Crippen molar-refractivity contribution in [3.8, 4) is 5.75 Å². The highest BCUT2D eigenvalue weighted by atomic mass is 16.3. The third-order valence-electron chi connectivity index (χ3n) is 3.49. The van der Waals surface area contributed by atoms with Gasteiger partial charge in [0.05, 0.1) is 5.52 Å². The summed E-state index contributed by atoms with van der Waals surface area (Å²) in [5.74, 6) is 1.16. The third-order valence-corrected chi connectivity index (χ3v) is 3.49. The van der Waals surface area contributed by atoms with E-state index in [1.807, 2.05) is 42.3 Å². The predicted molar refractivity (Wildman–Crippen MR) is 82.6 cm³/mol. The number of nitrogens with zero attached hydrogens (tertiary/aromatic N) is 2. The van der Waals surface area contributed by atoms with Crippen LogP contribution in [0.25, 0.3) is 10.9 Å². The summed E-state index contributed by atoms with van der Waals surface area (Å²) in [5, 5.41) is 10.5. The molecular weight excluding hydrogens is 248 g/mol. The standard InChI is InChI=1S/C17H16N2O/c1-12-11-17(18-16-6-4-3-5-15(12)16)19(2)13-7-9-14(20)10-8-13/h3-11,20H,1-2H3. The van der Waals surface area contributed by atoms with Crippen LogP contribution in [0.5, 0.6) is 5.75 Å². The number of pyridine rings is 1. The first-order valence-electron chi connectivity index (χ1n) is 6.54. The van der Waals surface area contributed by atoms with E-state index in [4.69, 9.17) is 4.98 Å². The number of hydrogen-bond acceptors (Lipinski definition) is 3. The summed E-state index contributed by atoms with van der Waals surface area (Å²) < 4.78 is 0. The number of aryl methyl sites for hydroxylation is 1. The molecule has 0 amide bonds. The summed E-state index contributed by atoms with van der Waals surface area (Å²) in [6, 6.07) is 17.3. The van der Waals surface area contributed by atoms with Crippen molar-refractivity contribution in [2.24, 2.45) is 0 Å². The second-order valence-electron chi connectivity index (χ2n) is 4.89. The summed E-state index contributed by atoms with van der Waals surface area (Å²) in [7, 11) is 1.98. The van der Waals surface area contributed by atoms with Gasteiger partial charge in [0.15, 0.2) is 0 Å². The van der Waals surface area contributed by atoms with Crippen LogP contribution in [0.15, 0.2) is 54.6 Å². The Morgan fingerprint density at radius 2 is 1.70 bits per heavy atom. The van der Waals surface area contributed by atoms with Crippen LogP contribution in [-0.2, 0) is 0 Å². The predicted octanol–water partition coefficient (Wildman–Crippen LogP) is 4.02. The van der Waals surface area contributed by atoms with Gasteiger partial charge in [0.1, 0.15) is 11.6 Å². The van der Waals surface area contributed by atoms with Crippen LogP contribution in [0.2, 0.25) is 0 Å². The summed E-state index contributed by atoms with van der Waals surface area (Å²) in [6.45, 7) is 2.10. The molecule has 0 fully saturated rings. The first kappa shape index (κ1) is 12.5. The largest absolute Gasteiger partial charge is 0.508 e. The van der Waals surface area contributed by atoms with Gasteiger partial charge in [0, 0.05) is 18.1 Å². The minimum atomic E-state index is 0.268. The molecule has 0 unspecified atom stereocenters. The molecule has 2 aromatic carbocycles. The van der Waals surface area contributed by atoms with Crippen molar-refractivity contribution in [2.75, 3.05) is 11.9 Å². The number of fused-ring (bicyclic) bond motifs is 1. The molecule has 1 aromatic heterocycles. The SMILES string of the molecule is Cc1cc(N(C)c2ccc(O)cc2)nc2ccccc12. The number of benzene rings is 2. The Morgan fingerprint density at radius 1 is 1.00 bits per heavy atom. The van der Waals surface area contributed by atoms with Crippen molar-refractivity contribution >= 4 is 22.4 Å². The molecule has 0 saturated heterocycles. The van der Waals surface area contributed by atoms with Gasteiger partial charge in [-0.15, -0.1) is 0 Å². The van der Waals surface area contributed by atoms with Crippen LogP contribution < -0.4 is 4.90 Å². The second kappa shape index (κ2) is 4.85. The first-order chi connectivity index (χ1) is 9.65. The maximum absolute atomic E-state index is 9.36. The van der Waals surface area contributed by atoms with Gasteiger partial charge < -0.3 is 10.0 Å². The van der Waals surface area contributed by atoms with Crippen LogP contribution in [0.1, 0.15) is 5.56 Å². The van der Waals surface area contributed by atoms with Crippen LogP contribution in [0.3, 0.4) is 0 Å². The zero-order valence-electron chi connectivity index (χ0n) is 11.5. The van der Waals surface area contributed by atoms with Crippen LogP contribution in [0.4, 0.5) is 11.5 Å². The first-order valence-corrected chi connectivity index (χ1v) is 6.54. The Balaban J connectivity index is 2.07. The molecule has 20 heavy (non-hydrogen) atoms. The highest BCUT2D eigenvalue weighted by Gasteiger charge is 2.08. The lowest BCUT2D eigenvalue weighted by Gasteiger charge is -2.19. The van der Waals surface area contributed by atoms with Gasteiger partial charge >= 0.3 is 0 Å². The Labute approximate surface area is 118 Å². The van der Waals surface area contributed by atoms with E-state index in [1.165, 1.54) is 10.9 Å². The van der Waals surface area contributed by atoms with Gasteiger partial charge in [-0.1, -0.05) is 18.2 Å². The maximum atomic E-state index is 9.36. The molecule has 3 aromatic rings. The van der Waals surface area contributed by atoms with Gasteiger partial charge in [-0.25, -0.2) is 4.98 Å². The fraction of sp³-hybridized carbons (Fsp3) is 0.118. The highest BCUT2D eigenvalue weighted by Crippen LogP contribution is 2.27. The molecule has 0 aliphatic rings. The number of aromatic nitrogens is 1. The Bertz CT molecular complexity index is 751. The molecule has 0 aliphatic heterocycles. The highest BCUT2D eigenvalue weighted by molar-refractivity contribution is 5.84. The molecule has 100 valence electrons. The maximum Gasteiger partial charge on any atom is 0.133 e. The molecule has 0 bridgehead atoms. The molecule has 0 atom stereocenters. The van der Waals surface area contributed by atoms with Crippen LogP contribution in [-0.4, -0.2) is 17.1 Å². The Morgan fingerprint density at radius 3 is 2.45 bits per heavy atom. The topological polar surface area (TPSA) is 36.4 Å². The van der Waals surface area contributed by atoms with Crippen LogP contribution >= 0.6 is 0 Å². The van der Waals surface area contributed by atoms with Crippen molar-refractivity contribution in [3.05, 3.63) is 60.2 Å². The van der Waals surface area contributed by atoms with Crippen molar-refractivity contribution in [1.82, 2.24) is 4.98 Å². The zero-order valence-corrected chi connectivity index (χ0v) is 11.5. The van der Waals surface area contributed by atoms with E-state index in [1.54, 1.807) is 12.1 Å². The molecule has 3 nitrogen and oxygen atoms in total. The normalized spacial score (nSPS) is 10.7. The molecule has 0 aliphatic carbocycles. The number of aromatic hydroxyl groups is 1. The van der Waals surface area contributed by atoms with Crippen molar-refractivity contribution < 1.29 is 5.11 Å². The fourth-order valence-corrected chi connectivity index (χ4v) is 2.31. The molecular formula is C17H16N2O. The molecule has 0 radical (unpaired) electrons.